The lowest BCUT2D eigenvalue weighted by Crippen LogP contribution is -2.09. The summed E-state index contributed by atoms with van der Waals surface area (Å²) in [7, 11) is -3.10. The van der Waals surface area contributed by atoms with E-state index < -0.39 is 22.4 Å². The molecule has 0 aliphatic rings. The molecule has 0 saturated carbocycles. The molecule has 1 N–H and O–H groups in total. The van der Waals surface area contributed by atoms with Gasteiger partial charge in [0.25, 0.3) is 0 Å². The number of carboxylic acids is 1. The van der Waals surface area contributed by atoms with Crippen LogP contribution in [0.3, 0.4) is 0 Å². The first-order chi connectivity index (χ1) is 7.37. The van der Waals surface area contributed by atoms with Crippen LogP contribution >= 0.6 is 0 Å². The van der Waals surface area contributed by atoms with Crippen molar-refractivity contribution in [1.82, 2.24) is 0 Å². The molecule has 0 heterocycles. The third-order valence-corrected chi connectivity index (χ3v) is 2.55. The molecule has 0 fully saturated rings. The average molecular weight is 244 g/mol. The Morgan fingerprint density at radius 2 is 2.12 bits per heavy atom. The van der Waals surface area contributed by atoms with Crippen LogP contribution in [-0.4, -0.2) is 32.4 Å². The SMILES string of the molecule is CS(=O)(=O)Cc1cccc(OCC(=O)O)c1. The predicted molar refractivity (Wildman–Crippen MR) is 58.1 cm³/mol. The Balaban J connectivity index is 2.75. The minimum atomic E-state index is -3.10. The van der Waals surface area contributed by atoms with Gasteiger partial charge in [-0.2, -0.15) is 0 Å². The molecule has 5 nitrogen and oxygen atoms in total. The predicted octanol–water partition coefficient (Wildman–Crippen LogP) is 0.695. The molecule has 16 heavy (non-hydrogen) atoms. The highest BCUT2D eigenvalue weighted by Gasteiger charge is 2.06. The Morgan fingerprint density at radius 1 is 1.44 bits per heavy atom. The van der Waals surface area contributed by atoms with Crippen LogP contribution in [0.5, 0.6) is 5.75 Å². The molecule has 1 aromatic carbocycles. The summed E-state index contributed by atoms with van der Waals surface area (Å²) in [5.41, 5.74) is 0.574. The van der Waals surface area contributed by atoms with Gasteiger partial charge in [0.15, 0.2) is 16.4 Å². The molecule has 1 aromatic rings. The fraction of sp³-hybridized carbons (Fsp3) is 0.300. The summed E-state index contributed by atoms with van der Waals surface area (Å²) in [5.74, 6) is -0.811. The molecule has 0 aliphatic heterocycles. The van der Waals surface area contributed by atoms with Gasteiger partial charge in [-0.15, -0.1) is 0 Å². The van der Waals surface area contributed by atoms with Crippen molar-refractivity contribution in [3.63, 3.8) is 0 Å². The van der Waals surface area contributed by atoms with Crippen LogP contribution in [0.25, 0.3) is 0 Å². The van der Waals surface area contributed by atoms with E-state index >= 15 is 0 Å². The molecular weight excluding hydrogens is 232 g/mol. The maximum absolute atomic E-state index is 11.0. The van der Waals surface area contributed by atoms with E-state index in [-0.39, 0.29) is 5.75 Å². The number of hydrogen-bond acceptors (Lipinski definition) is 4. The van der Waals surface area contributed by atoms with Gasteiger partial charge in [0.05, 0.1) is 5.75 Å². The van der Waals surface area contributed by atoms with E-state index in [9.17, 15) is 13.2 Å². The molecule has 0 saturated heterocycles. The Morgan fingerprint density at radius 3 is 2.69 bits per heavy atom. The van der Waals surface area contributed by atoms with E-state index in [1.807, 2.05) is 0 Å². The third-order valence-electron chi connectivity index (χ3n) is 1.69. The highest BCUT2D eigenvalue weighted by Crippen LogP contribution is 2.15. The zero-order chi connectivity index (χ0) is 12.2. The molecule has 0 aliphatic carbocycles. The minimum absolute atomic E-state index is 0.0860. The van der Waals surface area contributed by atoms with Crippen molar-refractivity contribution < 1.29 is 23.1 Å². The van der Waals surface area contributed by atoms with Crippen molar-refractivity contribution in [2.45, 2.75) is 5.75 Å². The molecular formula is C10H12O5S. The lowest BCUT2D eigenvalue weighted by atomic mass is 10.2. The number of aliphatic carboxylic acids is 1. The lowest BCUT2D eigenvalue weighted by Gasteiger charge is -2.05. The van der Waals surface area contributed by atoms with Gasteiger partial charge in [0, 0.05) is 6.26 Å². The smallest absolute Gasteiger partial charge is 0.341 e. The van der Waals surface area contributed by atoms with Gasteiger partial charge in [-0.05, 0) is 17.7 Å². The standard InChI is InChI=1S/C10H12O5S/c1-16(13,14)7-8-3-2-4-9(5-8)15-6-10(11)12/h2-5H,6-7H2,1H3,(H,11,12). The van der Waals surface area contributed by atoms with Gasteiger partial charge in [-0.1, -0.05) is 12.1 Å². The van der Waals surface area contributed by atoms with E-state index in [0.29, 0.717) is 11.3 Å². The molecule has 0 spiro atoms. The summed E-state index contributed by atoms with van der Waals surface area (Å²) < 4.78 is 27.0. The minimum Gasteiger partial charge on any atom is -0.482 e. The summed E-state index contributed by atoms with van der Waals surface area (Å²) in [6.45, 7) is -0.442. The first kappa shape index (κ1) is 12.5. The number of rotatable bonds is 5. The van der Waals surface area contributed by atoms with Crippen LogP contribution in [0, 0.1) is 0 Å². The molecule has 1 rings (SSSR count). The quantitative estimate of drug-likeness (QED) is 0.824. The number of carbonyl (C=O) groups is 1. The fourth-order valence-electron chi connectivity index (χ4n) is 1.17. The first-order valence-electron chi connectivity index (χ1n) is 4.48. The number of hydrogen-bond donors (Lipinski definition) is 1. The van der Waals surface area contributed by atoms with E-state index in [0.717, 1.165) is 6.26 Å². The highest BCUT2D eigenvalue weighted by atomic mass is 32.2. The van der Waals surface area contributed by atoms with Crippen molar-refractivity contribution in [2.24, 2.45) is 0 Å². The van der Waals surface area contributed by atoms with Gasteiger partial charge in [-0.25, -0.2) is 13.2 Å². The Hall–Kier alpha value is -1.56. The summed E-state index contributed by atoms with van der Waals surface area (Å²) in [4.78, 5) is 10.3. The molecule has 0 aromatic heterocycles. The Bertz CT molecular complexity index is 478. The molecule has 0 bridgehead atoms. The number of benzene rings is 1. The molecule has 6 heteroatoms. The molecule has 0 atom stereocenters. The summed E-state index contributed by atoms with van der Waals surface area (Å²) in [5, 5.41) is 8.41. The van der Waals surface area contributed by atoms with E-state index in [1.165, 1.54) is 6.07 Å². The van der Waals surface area contributed by atoms with Crippen molar-refractivity contribution >= 4 is 15.8 Å². The zero-order valence-electron chi connectivity index (χ0n) is 8.71. The second-order valence-electron chi connectivity index (χ2n) is 3.40. The normalized spacial score (nSPS) is 11.1. The largest absolute Gasteiger partial charge is 0.482 e. The summed E-state index contributed by atoms with van der Waals surface area (Å²) in [6.07, 6.45) is 1.14. The molecule has 0 amide bonds. The molecule has 0 radical (unpaired) electrons. The second kappa shape index (κ2) is 4.98. The van der Waals surface area contributed by atoms with Gasteiger partial charge >= 0.3 is 5.97 Å². The van der Waals surface area contributed by atoms with E-state index in [1.54, 1.807) is 18.2 Å². The van der Waals surface area contributed by atoms with Crippen molar-refractivity contribution in [2.75, 3.05) is 12.9 Å². The van der Waals surface area contributed by atoms with E-state index in [2.05, 4.69) is 0 Å². The van der Waals surface area contributed by atoms with Crippen LogP contribution in [-0.2, 0) is 20.4 Å². The highest BCUT2D eigenvalue weighted by molar-refractivity contribution is 7.89. The molecule has 0 unspecified atom stereocenters. The summed E-state index contributed by atoms with van der Waals surface area (Å²) >= 11 is 0. The van der Waals surface area contributed by atoms with Crippen molar-refractivity contribution in [3.05, 3.63) is 29.8 Å². The van der Waals surface area contributed by atoms with Crippen LogP contribution < -0.4 is 4.74 Å². The molecule has 88 valence electrons. The van der Waals surface area contributed by atoms with Gasteiger partial charge in [0.2, 0.25) is 0 Å². The van der Waals surface area contributed by atoms with E-state index in [4.69, 9.17) is 9.84 Å². The number of sulfone groups is 1. The zero-order valence-corrected chi connectivity index (χ0v) is 9.53. The maximum Gasteiger partial charge on any atom is 0.341 e. The first-order valence-corrected chi connectivity index (χ1v) is 6.54. The van der Waals surface area contributed by atoms with Gasteiger partial charge in [0.1, 0.15) is 5.75 Å². The Kier molecular flexibility index (Phi) is 3.89. The van der Waals surface area contributed by atoms with Crippen LogP contribution in [0.15, 0.2) is 24.3 Å². The van der Waals surface area contributed by atoms with Crippen molar-refractivity contribution in [3.8, 4) is 5.75 Å². The average Bonchev–Trinajstić information content (AvgIpc) is 2.12. The summed E-state index contributed by atoms with van der Waals surface area (Å²) in [6, 6.07) is 6.37. The van der Waals surface area contributed by atoms with Crippen LogP contribution in [0.2, 0.25) is 0 Å². The lowest BCUT2D eigenvalue weighted by molar-refractivity contribution is -0.139. The van der Waals surface area contributed by atoms with Crippen LogP contribution in [0.1, 0.15) is 5.56 Å². The van der Waals surface area contributed by atoms with Crippen LogP contribution in [0.4, 0.5) is 0 Å². The Labute approximate surface area is 93.6 Å². The number of carboxylic acid groups (broad SMARTS) is 1. The monoisotopic (exact) mass is 244 g/mol. The third kappa shape index (κ3) is 4.79. The topological polar surface area (TPSA) is 80.7 Å². The second-order valence-corrected chi connectivity index (χ2v) is 5.54. The maximum atomic E-state index is 11.0. The fourth-order valence-corrected chi connectivity index (χ4v) is 1.96. The van der Waals surface area contributed by atoms with Crippen molar-refractivity contribution in [1.29, 1.82) is 0 Å². The van der Waals surface area contributed by atoms with Gasteiger partial charge < -0.3 is 9.84 Å². The van der Waals surface area contributed by atoms with Gasteiger partial charge in [-0.3, -0.25) is 0 Å². The number of ether oxygens (including phenoxy) is 1.